The summed E-state index contributed by atoms with van der Waals surface area (Å²) in [6.45, 7) is 3.59. The van der Waals surface area contributed by atoms with Crippen molar-refractivity contribution in [3.8, 4) is 0 Å². The molecule has 0 atom stereocenters. The maximum atomic E-state index is 13.9. The Morgan fingerprint density at radius 3 is 2.81 bits per heavy atom. The molecule has 4 nitrogen and oxygen atoms in total. The van der Waals surface area contributed by atoms with Gasteiger partial charge < -0.3 is 0 Å². The zero-order chi connectivity index (χ0) is 15.1. The number of halogens is 2. The van der Waals surface area contributed by atoms with E-state index in [0.29, 0.717) is 27.5 Å². The van der Waals surface area contributed by atoms with E-state index in [-0.39, 0.29) is 12.0 Å². The lowest BCUT2D eigenvalue weighted by Crippen LogP contribution is -2.22. The van der Waals surface area contributed by atoms with Crippen LogP contribution >= 0.6 is 11.6 Å². The Morgan fingerprint density at radius 1 is 1.33 bits per heavy atom. The Labute approximate surface area is 125 Å². The van der Waals surface area contributed by atoms with Crippen molar-refractivity contribution in [3.05, 3.63) is 68.0 Å². The third-order valence-electron chi connectivity index (χ3n) is 3.46. The van der Waals surface area contributed by atoms with E-state index in [1.54, 1.807) is 19.1 Å². The highest BCUT2D eigenvalue weighted by molar-refractivity contribution is 6.31. The van der Waals surface area contributed by atoms with Crippen molar-refractivity contribution in [2.24, 2.45) is 0 Å². The summed E-state index contributed by atoms with van der Waals surface area (Å²) in [4.78, 5) is 16.9. The molecule has 0 aliphatic heterocycles. The maximum absolute atomic E-state index is 13.9. The lowest BCUT2D eigenvalue weighted by atomic mass is 10.0. The van der Waals surface area contributed by atoms with Crippen molar-refractivity contribution >= 4 is 17.2 Å². The van der Waals surface area contributed by atoms with Crippen molar-refractivity contribution in [2.45, 2.75) is 20.3 Å². The molecule has 0 saturated carbocycles. The number of hydrogen-bond acceptors (Lipinski definition) is 2. The predicted molar refractivity (Wildman–Crippen MR) is 79.5 cm³/mol. The zero-order valence-electron chi connectivity index (χ0n) is 11.6. The van der Waals surface area contributed by atoms with E-state index in [1.807, 2.05) is 6.92 Å². The zero-order valence-corrected chi connectivity index (χ0v) is 12.3. The molecule has 0 aliphatic carbocycles. The first kappa shape index (κ1) is 13.8. The molecular weight excluding hydrogens is 293 g/mol. The van der Waals surface area contributed by atoms with E-state index < -0.39 is 5.82 Å². The molecule has 0 fully saturated rings. The van der Waals surface area contributed by atoms with E-state index in [1.165, 1.54) is 16.6 Å². The molecule has 108 valence electrons. The number of fused-ring (bicyclic) bond motifs is 1. The first-order valence-electron chi connectivity index (χ1n) is 6.48. The summed E-state index contributed by atoms with van der Waals surface area (Å²) in [5.74, 6) is -0.422. The Bertz CT molecular complexity index is 878. The van der Waals surface area contributed by atoms with Crippen LogP contribution in [0.1, 0.15) is 22.5 Å². The lowest BCUT2D eigenvalue weighted by molar-refractivity contribution is 0.613. The highest BCUT2D eigenvalue weighted by Crippen LogP contribution is 2.22. The fraction of sp³-hybridized carbons (Fsp3) is 0.200. The van der Waals surface area contributed by atoms with Gasteiger partial charge in [0, 0.05) is 40.0 Å². The van der Waals surface area contributed by atoms with Crippen LogP contribution in [0.4, 0.5) is 4.39 Å². The third kappa shape index (κ3) is 2.34. The summed E-state index contributed by atoms with van der Waals surface area (Å²) in [6.07, 6.45) is 0.115. The predicted octanol–water partition coefficient (Wildman–Crippen LogP) is 3.02. The van der Waals surface area contributed by atoms with Crippen LogP contribution in [-0.4, -0.2) is 14.6 Å². The number of rotatable bonds is 2. The minimum absolute atomic E-state index is 0.115. The second kappa shape index (κ2) is 5.00. The van der Waals surface area contributed by atoms with E-state index in [9.17, 15) is 9.18 Å². The van der Waals surface area contributed by atoms with Crippen molar-refractivity contribution in [1.29, 1.82) is 0 Å². The van der Waals surface area contributed by atoms with Gasteiger partial charge in [-0.15, -0.1) is 0 Å². The molecule has 0 radical (unpaired) electrons. The fourth-order valence-electron chi connectivity index (χ4n) is 2.37. The largest absolute Gasteiger partial charge is 0.294 e. The highest BCUT2D eigenvalue weighted by Gasteiger charge is 2.15. The number of hydrogen-bond donors (Lipinski definition) is 1. The number of aryl methyl sites for hydroxylation is 2. The Balaban J connectivity index is 2.19. The molecule has 6 heteroatoms. The number of benzene rings is 1. The van der Waals surface area contributed by atoms with Crippen LogP contribution in [-0.2, 0) is 6.42 Å². The van der Waals surface area contributed by atoms with Gasteiger partial charge in [-0.3, -0.25) is 9.89 Å². The molecule has 1 aromatic carbocycles. The summed E-state index contributed by atoms with van der Waals surface area (Å²) in [5, 5.41) is 3.23. The number of nitrogens with one attached hydrogen (secondary N) is 1. The van der Waals surface area contributed by atoms with Gasteiger partial charge in [0.2, 0.25) is 0 Å². The van der Waals surface area contributed by atoms with Gasteiger partial charge >= 0.3 is 0 Å². The molecule has 0 spiro atoms. The SMILES string of the molecule is Cc1cc2nc(C)c(Cc3c(F)cccc3Cl)c(=O)n2[nH]1. The average molecular weight is 306 g/mol. The molecule has 0 saturated heterocycles. The monoisotopic (exact) mass is 305 g/mol. The highest BCUT2D eigenvalue weighted by atomic mass is 35.5. The van der Waals surface area contributed by atoms with E-state index in [4.69, 9.17) is 11.6 Å². The van der Waals surface area contributed by atoms with Crippen molar-refractivity contribution in [3.63, 3.8) is 0 Å². The smallest absolute Gasteiger partial charge is 0.276 e. The van der Waals surface area contributed by atoms with Crippen molar-refractivity contribution < 1.29 is 4.39 Å². The van der Waals surface area contributed by atoms with Gasteiger partial charge in [-0.05, 0) is 26.0 Å². The quantitative estimate of drug-likeness (QED) is 0.791. The maximum Gasteiger partial charge on any atom is 0.276 e. The first-order valence-corrected chi connectivity index (χ1v) is 6.86. The minimum atomic E-state index is -0.422. The molecule has 3 aromatic rings. The molecular formula is C15H13ClFN3O. The summed E-state index contributed by atoms with van der Waals surface area (Å²) in [6, 6.07) is 6.27. The van der Waals surface area contributed by atoms with Gasteiger partial charge in [-0.1, -0.05) is 17.7 Å². The van der Waals surface area contributed by atoms with Crippen LogP contribution < -0.4 is 5.56 Å². The van der Waals surface area contributed by atoms with Crippen molar-refractivity contribution in [2.75, 3.05) is 0 Å². The van der Waals surface area contributed by atoms with Crippen LogP contribution in [0.2, 0.25) is 5.02 Å². The number of aromatic nitrogens is 3. The summed E-state index contributed by atoms with van der Waals surface area (Å²) in [7, 11) is 0. The van der Waals surface area contributed by atoms with Crippen LogP contribution in [0.3, 0.4) is 0 Å². The van der Waals surface area contributed by atoms with Crippen molar-refractivity contribution in [1.82, 2.24) is 14.6 Å². The molecule has 0 aliphatic rings. The standard InChI is InChI=1S/C15H13ClFN3O/c1-8-6-14-18-9(2)10(15(21)20(14)19-8)7-11-12(16)4-3-5-13(11)17/h3-6,19H,7H2,1-2H3. The van der Waals surface area contributed by atoms with E-state index in [2.05, 4.69) is 10.1 Å². The van der Waals surface area contributed by atoms with Gasteiger partial charge in [0.25, 0.3) is 5.56 Å². The lowest BCUT2D eigenvalue weighted by Gasteiger charge is -2.08. The topological polar surface area (TPSA) is 50.2 Å². The number of nitrogens with zero attached hydrogens (tertiary/aromatic N) is 2. The van der Waals surface area contributed by atoms with Gasteiger partial charge in [-0.25, -0.2) is 13.9 Å². The summed E-state index contributed by atoms with van der Waals surface area (Å²) >= 11 is 6.03. The Hall–Kier alpha value is -2.14. The molecule has 0 amide bonds. The average Bonchev–Trinajstić information content (AvgIpc) is 2.78. The Morgan fingerprint density at radius 2 is 2.10 bits per heavy atom. The number of H-pyrrole nitrogens is 1. The van der Waals surface area contributed by atoms with Gasteiger partial charge in [0.05, 0.1) is 0 Å². The third-order valence-corrected chi connectivity index (χ3v) is 3.81. The van der Waals surface area contributed by atoms with Crippen LogP contribution in [0, 0.1) is 19.7 Å². The molecule has 1 N–H and O–H groups in total. The Kier molecular flexibility index (Phi) is 3.29. The second-order valence-electron chi connectivity index (χ2n) is 4.99. The second-order valence-corrected chi connectivity index (χ2v) is 5.40. The molecule has 0 unspecified atom stereocenters. The minimum Gasteiger partial charge on any atom is -0.294 e. The molecule has 21 heavy (non-hydrogen) atoms. The van der Waals surface area contributed by atoms with Gasteiger partial charge in [0.1, 0.15) is 5.82 Å². The number of aromatic amines is 1. The molecule has 2 heterocycles. The van der Waals surface area contributed by atoms with E-state index >= 15 is 0 Å². The fourth-order valence-corrected chi connectivity index (χ4v) is 2.60. The van der Waals surface area contributed by atoms with E-state index in [0.717, 1.165) is 5.69 Å². The molecule has 2 aromatic heterocycles. The molecule has 0 bridgehead atoms. The van der Waals surface area contributed by atoms with Crippen LogP contribution in [0.15, 0.2) is 29.1 Å². The van der Waals surface area contributed by atoms with Crippen LogP contribution in [0.25, 0.3) is 5.65 Å². The summed E-state index contributed by atoms with van der Waals surface area (Å²) in [5.41, 5.74) is 2.48. The first-order chi connectivity index (χ1) is 9.97. The molecule has 3 rings (SSSR count). The van der Waals surface area contributed by atoms with Crippen LogP contribution in [0.5, 0.6) is 0 Å². The van der Waals surface area contributed by atoms with Gasteiger partial charge in [-0.2, -0.15) is 0 Å². The normalized spacial score (nSPS) is 11.2. The summed E-state index contributed by atoms with van der Waals surface area (Å²) < 4.78 is 15.3. The van der Waals surface area contributed by atoms with Gasteiger partial charge in [0.15, 0.2) is 5.65 Å².